The third-order valence-corrected chi connectivity index (χ3v) is 6.95. The van der Waals surface area contributed by atoms with Gasteiger partial charge in [-0.2, -0.15) is 0 Å². The highest BCUT2D eigenvalue weighted by atomic mass is 16.5. The minimum Gasteiger partial charge on any atom is -0.481 e. The molecular formula is C34H60O8. The molecule has 8 nitrogen and oxygen atoms in total. The van der Waals surface area contributed by atoms with Crippen molar-refractivity contribution in [2.24, 2.45) is 0 Å². The van der Waals surface area contributed by atoms with Crippen molar-refractivity contribution < 1.29 is 39.2 Å². The summed E-state index contributed by atoms with van der Waals surface area (Å²) in [5.74, 6) is -3.86. The van der Waals surface area contributed by atoms with Gasteiger partial charge in [0.05, 0.1) is 19.4 Å². The van der Waals surface area contributed by atoms with Gasteiger partial charge in [0.2, 0.25) is 0 Å². The predicted octanol–water partition coefficient (Wildman–Crippen LogP) is 9.26. The van der Waals surface area contributed by atoms with Crippen molar-refractivity contribution >= 4 is 23.9 Å². The van der Waals surface area contributed by atoms with Crippen molar-refractivity contribution in [1.29, 1.82) is 0 Å². The number of carboxylic acid groups (broad SMARTS) is 3. The van der Waals surface area contributed by atoms with Crippen molar-refractivity contribution in [2.75, 3.05) is 6.61 Å². The summed E-state index contributed by atoms with van der Waals surface area (Å²) in [4.78, 5) is 43.1. The number of rotatable bonds is 28. The summed E-state index contributed by atoms with van der Waals surface area (Å²) in [6.45, 7) is 8.21. The van der Waals surface area contributed by atoms with Crippen molar-refractivity contribution in [1.82, 2.24) is 0 Å². The summed E-state index contributed by atoms with van der Waals surface area (Å²) in [7, 11) is 0. The second kappa shape index (κ2) is 31.3. The SMILES string of the molecule is C=C(CC(=O)O)C(=O)OCCCCCCCCCCCC.CCCCCCCCCCCCC=C(CC(=O)O)C(=O)O. The molecule has 0 aliphatic rings. The second-order valence-electron chi connectivity index (χ2n) is 11.1. The van der Waals surface area contributed by atoms with Crippen LogP contribution in [0.15, 0.2) is 23.8 Å². The zero-order valence-electron chi connectivity index (χ0n) is 26.6. The average molecular weight is 597 g/mol. The lowest BCUT2D eigenvalue weighted by Crippen LogP contribution is -2.11. The highest BCUT2D eigenvalue weighted by Gasteiger charge is 2.12. The Morgan fingerprint density at radius 2 is 0.952 bits per heavy atom. The molecule has 3 N–H and O–H groups in total. The van der Waals surface area contributed by atoms with Gasteiger partial charge in [-0.25, -0.2) is 9.59 Å². The number of ether oxygens (including phenoxy) is 1. The van der Waals surface area contributed by atoms with E-state index < -0.39 is 30.3 Å². The second-order valence-corrected chi connectivity index (χ2v) is 11.1. The number of carbonyl (C=O) groups excluding carboxylic acids is 1. The number of hydrogen-bond donors (Lipinski definition) is 3. The molecule has 8 heteroatoms. The van der Waals surface area contributed by atoms with Gasteiger partial charge in [-0.05, 0) is 19.3 Å². The minimum absolute atomic E-state index is 0.00146. The van der Waals surface area contributed by atoms with Crippen molar-refractivity contribution in [2.45, 2.75) is 162 Å². The summed E-state index contributed by atoms with van der Waals surface area (Å²) < 4.78 is 4.97. The lowest BCUT2D eigenvalue weighted by molar-refractivity contribution is -0.142. The fourth-order valence-corrected chi connectivity index (χ4v) is 4.42. The normalized spacial score (nSPS) is 11.0. The van der Waals surface area contributed by atoms with Gasteiger partial charge >= 0.3 is 23.9 Å². The van der Waals surface area contributed by atoms with Gasteiger partial charge in [0.1, 0.15) is 0 Å². The van der Waals surface area contributed by atoms with Crippen LogP contribution in [0.1, 0.15) is 162 Å². The van der Waals surface area contributed by atoms with Crippen LogP contribution in [0, 0.1) is 0 Å². The van der Waals surface area contributed by atoms with E-state index >= 15 is 0 Å². The number of hydrogen-bond acceptors (Lipinski definition) is 5. The Labute approximate surface area is 255 Å². The largest absolute Gasteiger partial charge is 0.481 e. The number of carbonyl (C=O) groups is 4. The van der Waals surface area contributed by atoms with Crippen LogP contribution in [0.2, 0.25) is 0 Å². The molecule has 0 fully saturated rings. The van der Waals surface area contributed by atoms with Gasteiger partial charge < -0.3 is 20.1 Å². The van der Waals surface area contributed by atoms with Crippen LogP contribution in [0.25, 0.3) is 0 Å². The van der Waals surface area contributed by atoms with Crippen molar-refractivity contribution in [3.63, 3.8) is 0 Å². The smallest absolute Gasteiger partial charge is 0.333 e. The first kappa shape index (κ1) is 41.5. The van der Waals surface area contributed by atoms with Gasteiger partial charge in [-0.3, -0.25) is 9.59 Å². The number of carboxylic acids is 3. The molecule has 0 spiro atoms. The predicted molar refractivity (Wildman–Crippen MR) is 169 cm³/mol. The molecule has 0 aromatic rings. The van der Waals surface area contributed by atoms with E-state index in [2.05, 4.69) is 20.4 Å². The Morgan fingerprint density at radius 3 is 1.33 bits per heavy atom. The van der Waals surface area contributed by atoms with E-state index in [0.717, 1.165) is 25.7 Å². The van der Waals surface area contributed by atoms with Crippen LogP contribution < -0.4 is 0 Å². The molecule has 0 radical (unpaired) electrons. The zero-order valence-corrected chi connectivity index (χ0v) is 26.6. The topological polar surface area (TPSA) is 138 Å². The molecule has 0 aromatic carbocycles. The first-order valence-corrected chi connectivity index (χ1v) is 16.4. The standard InChI is InChI=1S/2C17H30O4/c1-3-4-5-6-7-8-9-10-11-12-13-21-17(20)15(2)14-16(18)19;1-2-3-4-5-6-7-8-9-10-11-12-13-15(17(20)21)14-16(18)19/h2-14H2,1H3,(H,18,19);13H,2-12,14H2,1H3,(H,18,19)(H,20,21). The van der Waals surface area contributed by atoms with Gasteiger partial charge in [-0.15, -0.1) is 0 Å². The van der Waals surface area contributed by atoms with Crippen molar-refractivity contribution in [3.8, 4) is 0 Å². The van der Waals surface area contributed by atoms with E-state index in [-0.39, 0.29) is 17.6 Å². The summed E-state index contributed by atoms with van der Waals surface area (Å²) in [6.07, 6.45) is 26.1. The number of allylic oxidation sites excluding steroid dienone is 1. The van der Waals surface area contributed by atoms with E-state index in [0.29, 0.717) is 13.0 Å². The Morgan fingerprint density at radius 1 is 0.571 bits per heavy atom. The minimum atomic E-state index is -1.12. The summed E-state index contributed by atoms with van der Waals surface area (Å²) in [5.41, 5.74) is 0.00741. The van der Waals surface area contributed by atoms with Crippen LogP contribution in [-0.4, -0.2) is 45.8 Å². The molecule has 0 saturated heterocycles. The molecule has 0 atom stereocenters. The maximum atomic E-state index is 11.4. The molecule has 0 saturated carbocycles. The molecule has 0 aliphatic carbocycles. The summed E-state index contributed by atoms with van der Waals surface area (Å²) in [5, 5.41) is 26.0. The zero-order chi connectivity index (χ0) is 31.8. The van der Waals surface area contributed by atoms with Crippen LogP contribution >= 0.6 is 0 Å². The van der Waals surface area contributed by atoms with Crippen LogP contribution in [0.5, 0.6) is 0 Å². The molecule has 42 heavy (non-hydrogen) atoms. The molecule has 0 bridgehead atoms. The van der Waals surface area contributed by atoms with Gasteiger partial charge in [0, 0.05) is 11.1 Å². The van der Waals surface area contributed by atoms with Gasteiger partial charge in [0.25, 0.3) is 0 Å². The first-order valence-electron chi connectivity index (χ1n) is 16.4. The molecule has 0 heterocycles. The summed E-state index contributed by atoms with van der Waals surface area (Å²) >= 11 is 0. The molecule has 244 valence electrons. The van der Waals surface area contributed by atoms with Gasteiger partial charge in [0.15, 0.2) is 0 Å². The van der Waals surface area contributed by atoms with E-state index in [1.807, 2.05) is 0 Å². The number of aliphatic carboxylic acids is 3. The van der Waals surface area contributed by atoms with Gasteiger partial charge in [-0.1, -0.05) is 142 Å². The Bertz CT molecular complexity index is 757. The van der Waals surface area contributed by atoms with E-state index in [1.54, 1.807) is 6.08 Å². The molecule has 0 aromatic heterocycles. The lowest BCUT2D eigenvalue weighted by atomic mass is 10.0. The van der Waals surface area contributed by atoms with Crippen LogP contribution in [0.4, 0.5) is 0 Å². The molecule has 0 aliphatic heterocycles. The highest BCUT2D eigenvalue weighted by molar-refractivity contribution is 5.93. The van der Waals surface area contributed by atoms with E-state index in [9.17, 15) is 19.2 Å². The third-order valence-electron chi connectivity index (χ3n) is 6.95. The third kappa shape index (κ3) is 31.9. The van der Waals surface area contributed by atoms with Crippen molar-refractivity contribution in [3.05, 3.63) is 23.8 Å². The maximum Gasteiger partial charge on any atom is 0.333 e. The molecular weight excluding hydrogens is 536 g/mol. The molecule has 0 amide bonds. The fourth-order valence-electron chi connectivity index (χ4n) is 4.42. The fraction of sp³-hybridized carbons (Fsp3) is 0.765. The average Bonchev–Trinajstić information content (AvgIpc) is 2.93. The van der Waals surface area contributed by atoms with E-state index in [4.69, 9.17) is 20.1 Å². The Hall–Kier alpha value is -2.64. The van der Waals surface area contributed by atoms with Crippen LogP contribution in [-0.2, 0) is 23.9 Å². The lowest BCUT2D eigenvalue weighted by Gasteiger charge is -2.05. The quantitative estimate of drug-likeness (QED) is 0.0461. The summed E-state index contributed by atoms with van der Waals surface area (Å²) in [6, 6.07) is 0. The molecule has 0 unspecified atom stereocenters. The number of esters is 1. The Balaban J connectivity index is 0. The maximum absolute atomic E-state index is 11.4. The molecule has 0 rings (SSSR count). The highest BCUT2D eigenvalue weighted by Crippen LogP contribution is 2.13. The van der Waals surface area contributed by atoms with Crippen LogP contribution in [0.3, 0.4) is 0 Å². The van der Waals surface area contributed by atoms with E-state index in [1.165, 1.54) is 103 Å². The number of unbranched alkanes of at least 4 members (excludes halogenated alkanes) is 19. The monoisotopic (exact) mass is 596 g/mol. The first-order chi connectivity index (χ1) is 20.1. The Kier molecular flexibility index (Phi) is 30.9.